The van der Waals surface area contributed by atoms with Crippen molar-refractivity contribution in [2.24, 2.45) is 0 Å². The number of alkyl halides is 15. The summed E-state index contributed by atoms with van der Waals surface area (Å²) in [5, 5.41) is 1.25. The first-order chi connectivity index (χ1) is 11.4. The number of carbonyl (C=O) groups is 1. The molecule has 0 aliphatic heterocycles. The molecule has 162 valence electrons. The summed E-state index contributed by atoms with van der Waals surface area (Å²) >= 11 is 3.46. The molecule has 0 spiro atoms. The lowest BCUT2D eigenvalue weighted by molar-refractivity contribution is -0.538. The molecular weight excluding hydrogens is 462 g/mol. The van der Waals surface area contributed by atoms with Crippen molar-refractivity contribution in [3.8, 4) is 0 Å². The lowest BCUT2D eigenvalue weighted by atomic mass is 10.2. The quantitative estimate of drug-likeness (QED) is 0.424. The summed E-state index contributed by atoms with van der Waals surface area (Å²) < 4.78 is 180. The molecule has 0 aromatic heterocycles. The normalized spacial score (nSPS) is 17.6. The van der Waals surface area contributed by atoms with Crippen LogP contribution in [0.25, 0.3) is 0 Å². The highest BCUT2D eigenvalue weighted by Crippen LogP contribution is 2.55. The van der Waals surface area contributed by atoms with E-state index in [-0.39, 0.29) is 0 Å². The zero-order valence-corrected chi connectivity index (χ0v) is 12.1. The molecule has 0 saturated carbocycles. The van der Waals surface area contributed by atoms with Gasteiger partial charge in [-0.05, 0) is 11.6 Å². The number of ether oxygens (including phenoxy) is 2. The Bertz CT molecular complexity index is 568. The molecule has 1 N–H and O–H groups in total. The van der Waals surface area contributed by atoms with Crippen molar-refractivity contribution >= 4 is 17.6 Å². The van der Waals surface area contributed by atoms with Crippen molar-refractivity contribution in [2.75, 3.05) is 0 Å². The topological polar surface area (TPSA) is 55.8 Å². The fourth-order valence-corrected chi connectivity index (χ4v) is 1.07. The smallest absolute Gasteiger partial charge is 0.459 e. The van der Waals surface area contributed by atoms with Crippen LogP contribution in [-0.4, -0.2) is 52.7 Å². The van der Waals surface area contributed by atoms with E-state index in [9.17, 15) is 66.3 Å². The Hall–Kier alpha value is -1.30. The predicted molar refractivity (Wildman–Crippen MR) is 50.3 cm³/mol. The molecule has 0 fully saturated rings. The second-order valence-corrected chi connectivity index (χ2v) is 4.70. The van der Waals surface area contributed by atoms with Gasteiger partial charge in [-0.25, -0.2) is 9.53 Å². The van der Waals surface area contributed by atoms with Crippen molar-refractivity contribution in [3.05, 3.63) is 0 Å². The van der Waals surface area contributed by atoms with Crippen molar-refractivity contribution in [1.82, 2.24) is 0 Å². The minimum absolute atomic E-state index is 1.41. The monoisotopic (exact) mass is 462 g/mol. The standard InChI is InChI=1S/C8HClF14O4/c9-5(15,16)3(12,13)7(20,21)27-8(22,23)4(14,6(17,18)19)26-2(10,11)1(24)25/h(H,24,25). The van der Waals surface area contributed by atoms with Gasteiger partial charge in [0.05, 0.1) is 0 Å². The second-order valence-electron chi connectivity index (χ2n) is 4.22. The maximum atomic E-state index is 13.4. The third-order valence-electron chi connectivity index (χ3n) is 2.23. The van der Waals surface area contributed by atoms with Crippen LogP contribution in [0, 0.1) is 0 Å². The Labute approximate surface area is 141 Å². The third kappa shape index (κ3) is 4.58. The van der Waals surface area contributed by atoms with Crippen LogP contribution in [0.4, 0.5) is 61.5 Å². The summed E-state index contributed by atoms with van der Waals surface area (Å²) in [5.74, 6) is -18.6. The lowest BCUT2D eigenvalue weighted by Crippen LogP contribution is -2.65. The number of hydrogen-bond donors (Lipinski definition) is 1. The van der Waals surface area contributed by atoms with Crippen molar-refractivity contribution in [2.45, 2.75) is 41.7 Å². The molecule has 0 bridgehead atoms. The molecule has 19 heteroatoms. The largest absolute Gasteiger partial charge is 0.475 e. The van der Waals surface area contributed by atoms with Gasteiger partial charge in [0, 0.05) is 0 Å². The van der Waals surface area contributed by atoms with Crippen molar-refractivity contribution < 1.29 is 80.8 Å². The Balaban J connectivity index is 6.27. The third-order valence-corrected chi connectivity index (χ3v) is 2.47. The molecule has 27 heavy (non-hydrogen) atoms. The molecule has 1 atom stereocenters. The van der Waals surface area contributed by atoms with Crippen LogP contribution in [0.1, 0.15) is 0 Å². The number of aliphatic carboxylic acids is 1. The fraction of sp³-hybridized carbons (Fsp3) is 0.875. The molecule has 0 rings (SSSR count). The summed E-state index contributed by atoms with van der Waals surface area (Å²) in [4.78, 5) is 9.85. The fourth-order valence-electron chi connectivity index (χ4n) is 0.958. The molecule has 0 aliphatic carbocycles. The van der Waals surface area contributed by atoms with Crippen molar-refractivity contribution in [3.63, 3.8) is 0 Å². The minimum Gasteiger partial charge on any atom is -0.475 e. The molecule has 0 aromatic carbocycles. The van der Waals surface area contributed by atoms with Crippen LogP contribution in [0.3, 0.4) is 0 Å². The van der Waals surface area contributed by atoms with Crippen LogP contribution in [0.15, 0.2) is 0 Å². The van der Waals surface area contributed by atoms with E-state index < -0.39 is 47.6 Å². The number of hydrogen-bond acceptors (Lipinski definition) is 3. The van der Waals surface area contributed by atoms with Gasteiger partial charge in [-0.2, -0.15) is 61.5 Å². The summed E-state index contributed by atoms with van der Waals surface area (Å²) in [6, 6.07) is 0. The molecule has 0 amide bonds. The first-order valence-electron chi connectivity index (χ1n) is 5.33. The number of carboxylic acids is 1. The van der Waals surface area contributed by atoms with Crippen molar-refractivity contribution in [1.29, 1.82) is 0 Å². The van der Waals surface area contributed by atoms with E-state index in [2.05, 4.69) is 11.6 Å². The predicted octanol–water partition coefficient (Wildman–Crippen LogP) is 4.58. The zero-order valence-electron chi connectivity index (χ0n) is 11.3. The summed E-state index contributed by atoms with van der Waals surface area (Å²) in [7, 11) is 0. The molecule has 0 heterocycles. The summed E-state index contributed by atoms with van der Waals surface area (Å²) in [6.07, 6.45) is -29.1. The molecule has 1 unspecified atom stereocenters. The van der Waals surface area contributed by atoms with E-state index in [0.717, 1.165) is 0 Å². The van der Waals surface area contributed by atoms with Crippen LogP contribution < -0.4 is 0 Å². The van der Waals surface area contributed by atoms with Crippen LogP contribution in [0.5, 0.6) is 0 Å². The second kappa shape index (κ2) is 6.64. The van der Waals surface area contributed by atoms with Gasteiger partial charge >= 0.3 is 47.6 Å². The molecule has 0 aliphatic rings. The van der Waals surface area contributed by atoms with E-state index in [4.69, 9.17) is 5.11 Å². The van der Waals surface area contributed by atoms with Crippen LogP contribution in [0.2, 0.25) is 0 Å². The van der Waals surface area contributed by atoms with Gasteiger partial charge in [-0.3, -0.25) is 4.74 Å². The average molecular weight is 463 g/mol. The Morgan fingerprint density at radius 3 is 1.33 bits per heavy atom. The van der Waals surface area contributed by atoms with Gasteiger partial charge in [0.1, 0.15) is 0 Å². The summed E-state index contributed by atoms with van der Waals surface area (Å²) in [5.41, 5.74) is 0. The van der Waals surface area contributed by atoms with Crippen LogP contribution >= 0.6 is 11.6 Å². The maximum Gasteiger partial charge on any atom is 0.459 e. The van der Waals surface area contributed by atoms with Gasteiger partial charge in [-0.1, -0.05) is 0 Å². The molecule has 0 radical (unpaired) electrons. The van der Waals surface area contributed by atoms with Gasteiger partial charge in [0.2, 0.25) is 0 Å². The van der Waals surface area contributed by atoms with E-state index in [1.54, 1.807) is 4.74 Å². The molecule has 0 saturated heterocycles. The minimum atomic E-state index is -7.64. The molecular formula is C8HClF14O4. The Morgan fingerprint density at radius 2 is 1.07 bits per heavy atom. The average Bonchev–Trinajstić information content (AvgIpc) is 2.33. The zero-order chi connectivity index (χ0) is 22.5. The first-order valence-corrected chi connectivity index (χ1v) is 5.71. The summed E-state index contributed by atoms with van der Waals surface area (Å²) in [6.45, 7) is 0. The van der Waals surface area contributed by atoms with E-state index in [1.165, 1.54) is 4.74 Å². The number of carboxylic acid groups (broad SMARTS) is 1. The number of rotatable bonds is 8. The maximum absolute atomic E-state index is 13.4. The first kappa shape index (κ1) is 25.7. The van der Waals surface area contributed by atoms with Gasteiger partial charge in [-0.15, -0.1) is 0 Å². The number of halogens is 15. The SMILES string of the molecule is O=C(O)C(F)(F)OC(F)(C(F)(F)F)C(F)(F)OC(F)(F)C(F)(F)C(F)(F)Cl. The highest BCUT2D eigenvalue weighted by molar-refractivity contribution is 6.22. The van der Waals surface area contributed by atoms with Crippen LogP contribution in [-0.2, 0) is 14.3 Å². The van der Waals surface area contributed by atoms with E-state index in [1.807, 2.05) is 0 Å². The molecule has 4 nitrogen and oxygen atoms in total. The van der Waals surface area contributed by atoms with Gasteiger partial charge in [0.15, 0.2) is 0 Å². The van der Waals surface area contributed by atoms with Gasteiger partial charge in [0.25, 0.3) is 0 Å². The highest BCUT2D eigenvalue weighted by atomic mass is 35.5. The van der Waals surface area contributed by atoms with E-state index in [0.29, 0.717) is 0 Å². The lowest BCUT2D eigenvalue weighted by Gasteiger charge is -2.38. The molecule has 0 aromatic rings. The van der Waals surface area contributed by atoms with E-state index >= 15 is 0 Å². The Kier molecular flexibility index (Phi) is 6.32. The van der Waals surface area contributed by atoms with Gasteiger partial charge < -0.3 is 5.11 Å². The highest BCUT2D eigenvalue weighted by Gasteiger charge is 2.83. The Morgan fingerprint density at radius 1 is 0.704 bits per heavy atom.